The third kappa shape index (κ3) is 5.90. The molecule has 0 saturated carbocycles. The van der Waals surface area contributed by atoms with Crippen molar-refractivity contribution in [2.24, 2.45) is 0 Å². The molecule has 0 spiro atoms. The molecule has 0 radical (unpaired) electrons. The average Bonchev–Trinajstić information content (AvgIpc) is 2.10. The van der Waals surface area contributed by atoms with Crippen molar-refractivity contribution in [1.29, 1.82) is 0 Å². The number of rotatable bonds is 5. The fraction of sp³-hybridized carbons (Fsp3) is 0.444. The van der Waals surface area contributed by atoms with E-state index >= 15 is 0 Å². The fourth-order valence-electron chi connectivity index (χ4n) is 0.702. The van der Waals surface area contributed by atoms with Crippen molar-refractivity contribution in [2.45, 2.75) is 19.9 Å². The summed E-state index contributed by atoms with van der Waals surface area (Å²) in [6.45, 7) is 6.20. The second-order valence-corrected chi connectivity index (χ2v) is 3.96. The minimum absolute atomic E-state index is 0.000602. The first-order chi connectivity index (χ1) is 6.84. The predicted molar refractivity (Wildman–Crippen MR) is 57.5 cm³/mol. The Morgan fingerprint density at radius 2 is 1.93 bits per heavy atom. The molecule has 2 N–H and O–H groups in total. The summed E-state index contributed by atoms with van der Waals surface area (Å²) in [6, 6.07) is -1.05. The molecule has 0 aliphatic heterocycles. The van der Waals surface area contributed by atoms with Crippen LogP contribution in [0.4, 0.5) is 0 Å². The Bertz CT molecular complexity index is 300. The van der Waals surface area contributed by atoms with Crippen molar-refractivity contribution in [3.8, 4) is 0 Å². The number of nitrogens with one attached hydrogen (secondary N) is 1. The third-order valence-electron chi connectivity index (χ3n) is 1.41. The number of thioether (sulfide) groups is 1. The topological polar surface area (TPSA) is 83.5 Å². The molecule has 0 rings (SSSR count). The fourth-order valence-corrected chi connectivity index (χ4v) is 1.49. The second kappa shape index (κ2) is 6.23. The van der Waals surface area contributed by atoms with Crippen molar-refractivity contribution >= 4 is 28.8 Å². The van der Waals surface area contributed by atoms with Gasteiger partial charge in [0, 0.05) is 12.7 Å². The molecule has 0 fully saturated rings. The van der Waals surface area contributed by atoms with Gasteiger partial charge in [-0.2, -0.15) is 0 Å². The molecule has 0 unspecified atom stereocenters. The number of carbonyl (C=O) groups is 3. The van der Waals surface area contributed by atoms with Crippen LogP contribution in [-0.4, -0.2) is 33.9 Å². The van der Waals surface area contributed by atoms with Crippen molar-refractivity contribution < 1.29 is 19.5 Å². The standard InChI is InChI=1S/C9H13NO4S/c1-5(2)9(14)15-4-7(8(12)13)10-6(3)11/h7H,1,4H2,2-3H3,(H,10,11)(H,12,13)/t7-/m0/s1. The Hall–Kier alpha value is -1.30. The maximum Gasteiger partial charge on any atom is 0.327 e. The van der Waals surface area contributed by atoms with Crippen LogP contribution in [-0.2, 0) is 14.4 Å². The summed E-state index contributed by atoms with van der Waals surface area (Å²) in [4.78, 5) is 32.4. The Kier molecular flexibility index (Phi) is 5.69. The number of hydrogen-bond donors (Lipinski definition) is 2. The molecular weight excluding hydrogens is 218 g/mol. The van der Waals surface area contributed by atoms with Crippen LogP contribution < -0.4 is 5.32 Å². The van der Waals surface area contributed by atoms with Gasteiger partial charge in [0.2, 0.25) is 11.0 Å². The molecule has 0 heterocycles. The van der Waals surface area contributed by atoms with Crippen molar-refractivity contribution in [1.82, 2.24) is 5.32 Å². The van der Waals surface area contributed by atoms with Gasteiger partial charge >= 0.3 is 5.97 Å². The number of carboxylic acid groups (broad SMARTS) is 1. The van der Waals surface area contributed by atoms with Crippen molar-refractivity contribution in [3.05, 3.63) is 12.2 Å². The number of carboxylic acids is 1. The Labute approximate surface area is 91.9 Å². The zero-order chi connectivity index (χ0) is 12.0. The van der Waals surface area contributed by atoms with E-state index in [1.165, 1.54) is 6.92 Å². The maximum atomic E-state index is 11.1. The zero-order valence-electron chi connectivity index (χ0n) is 8.57. The van der Waals surface area contributed by atoms with E-state index in [1.807, 2.05) is 0 Å². The number of amides is 1. The second-order valence-electron chi connectivity index (χ2n) is 2.97. The first kappa shape index (κ1) is 13.7. The van der Waals surface area contributed by atoms with Crippen LogP contribution in [0.25, 0.3) is 0 Å². The van der Waals surface area contributed by atoms with Gasteiger partial charge in [-0.1, -0.05) is 18.3 Å². The summed E-state index contributed by atoms with van der Waals surface area (Å²) >= 11 is 0.829. The molecule has 0 saturated heterocycles. The first-order valence-corrected chi connectivity index (χ1v) is 5.15. The van der Waals surface area contributed by atoms with Crippen LogP contribution in [0.3, 0.4) is 0 Å². The van der Waals surface area contributed by atoms with Crippen LogP contribution in [0.15, 0.2) is 12.2 Å². The molecule has 0 aliphatic carbocycles. The molecule has 84 valence electrons. The van der Waals surface area contributed by atoms with Crippen LogP contribution >= 0.6 is 11.8 Å². The molecular formula is C9H13NO4S. The van der Waals surface area contributed by atoms with Crippen LogP contribution in [0.2, 0.25) is 0 Å². The lowest BCUT2D eigenvalue weighted by Gasteiger charge is -2.11. The molecule has 0 aromatic heterocycles. The van der Waals surface area contributed by atoms with E-state index in [1.54, 1.807) is 6.92 Å². The lowest BCUT2D eigenvalue weighted by atomic mass is 10.3. The van der Waals surface area contributed by atoms with E-state index in [2.05, 4.69) is 11.9 Å². The smallest absolute Gasteiger partial charge is 0.327 e. The summed E-state index contributed by atoms with van der Waals surface area (Å²) in [7, 11) is 0. The summed E-state index contributed by atoms with van der Waals surface area (Å²) in [5, 5.41) is 10.7. The van der Waals surface area contributed by atoms with Gasteiger partial charge in [0.1, 0.15) is 6.04 Å². The zero-order valence-corrected chi connectivity index (χ0v) is 9.39. The lowest BCUT2D eigenvalue weighted by Crippen LogP contribution is -2.41. The monoisotopic (exact) mass is 231 g/mol. The molecule has 0 aliphatic rings. The van der Waals surface area contributed by atoms with Gasteiger partial charge in [0.15, 0.2) is 0 Å². The van der Waals surface area contributed by atoms with E-state index in [0.29, 0.717) is 5.57 Å². The first-order valence-electron chi connectivity index (χ1n) is 4.17. The Morgan fingerprint density at radius 3 is 2.27 bits per heavy atom. The van der Waals surface area contributed by atoms with E-state index < -0.39 is 17.9 Å². The van der Waals surface area contributed by atoms with Crippen molar-refractivity contribution in [3.63, 3.8) is 0 Å². The highest BCUT2D eigenvalue weighted by molar-refractivity contribution is 8.14. The average molecular weight is 231 g/mol. The van der Waals surface area contributed by atoms with Gasteiger partial charge in [-0.05, 0) is 12.5 Å². The number of hydrogen-bond acceptors (Lipinski definition) is 4. The molecule has 0 aromatic rings. The lowest BCUT2D eigenvalue weighted by molar-refractivity contribution is -0.140. The quantitative estimate of drug-likeness (QED) is 0.670. The van der Waals surface area contributed by atoms with E-state index in [0.717, 1.165) is 11.8 Å². The largest absolute Gasteiger partial charge is 0.480 e. The minimum Gasteiger partial charge on any atom is -0.480 e. The summed E-state index contributed by atoms with van der Waals surface area (Å²) in [5.41, 5.74) is 0.354. The molecule has 0 aromatic carbocycles. The van der Waals surface area contributed by atoms with Gasteiger partial charge in [0.25, 0.3) is 0 Å². The molecule has 15 heavy (non-hydrogen) atoms. The van der Waals surface area contributed by atoms with Gasteiger partial charge < -0.3 is 10.4 Å². The minimum atomic E-state index is -1.16. The van der Waals surface area contributed by atoms with Crippen LogP contribution in [0.5, 0.6) is 0 Å². The summed E-state index contributed by atoms with van der Waals surface area (Å²) < 4.78 is 0. The highest BCUT2D eigenvalue weighted by Gasteiger charge is 2.19. The van der Waals surface area contributed by atoms with E-state index in [9.17, 15) is 14.4 Å². The molecule has 6 heteroatoms. The van der Waals surface area contributed by atoms with Crippen LogP contribution in [0.1, 0.15) is 13.8 Å². The molecule has 1 amide bonds. The number of carbonyl (C=O) groups excluding carboxylic acids is 2. The molecule has 1 atom stereocenters. The highest BCUT2D eigenvalue weighted by atomic mass is 32.2. The Balaban J connectivity index is 4.19. The van der Waals surface area contributed by atoms with E-state index in [4.69, 9.17) is 5.11 Å². The SMILES string of the molecule is C=C(C)C(=O)SC[C@H](NC(C)=O)C(=O)O. The predicted octanol–water partition coefficient (Wildman–Crippen LogP) is 0.412. The van der Waals surface area contributed by atoms with Gasteiger partial charge in [-0.25, -0.2) is 4.79 Å². The molecule has 0 bridgehead atoms. The summed E-state index contributed by atoms with van der Waals surface area (Å²) in [6.07, 6.45) is 0. The summed E-state index contributed by atoms with van der Waals surface area (Å²) in [5.74, 6) is -1.60. The number of aliphatic carboxylic acids is 1. The Morgan fingerprint density at radius 1 is 1.40 bits per heavy atom. The van der Waals surface area contributed by atoms with Crippen LogP contribution in [0, 0.1) is 0 Å². The maximum absolute atomic E-state index is 11.1. The van der Waals surface area contributed by atoms with E-state index in [-0.39, 0.29) is 10.9 Å². The van der Waals surface area contributed by atoms with Crippen molar-refractivity contribution in [2.75, 3.05) is 5.75 Å². The van der Waals surface area contributed by atoms with Gasteiger partial charge in [-0.3, -0.25) is 9.59 Å². The third-order valence-corrected chi connectivity index (χ3v) is 2.52. The molecule has 5 nitrogen and oxygen atoms in total. The van der Waals surface area contributed by atoms with Gasteiger partial charge in [-0.15, -0.1) is 0 Å². The van der Waals surface area contributed by atoms with Gasteiger partial charge in [0.05, 0.1) is 0 Å². The normalized spacial score (nSPS) is 11.6. The highest BCUT2D eigenvalue weighted by Crippen LogP contribution is 2.10.